The Morgan fingerprint density at radius 3 is 2.49 bits per heavy atom. The number of rotatable bonds is 6. The number of anilines is 1. The number of methoxy groups -OCH3 is 1. The van der Waals surface area contributed by atoms with Crippen LogP contribution in [0.2, 0.25) is 0 Å². The van der Waals surface area contributed by atoms with Gasteiger partial charge >= 0.3 is 0 Å². The monoisotopic (exact) mass is 490 g/mol. The van der Waals surface area contributed by atoms with E-state index in [0.717, 1.165) is 0 Å². The Balaban J connectivity index is 1.62. The number of para-hydroxylation sites is 2. The molecule has 0 atom stereocenters. The van der Waals surface area contributed by atoms with Crippen molar-refractivity contribution in [3.05, 3.63) is 100 Å². The molecule has 0 aliphatic carbocycles. The molecule has 0 aliphatic rings. The highest BCUT2D eigenvalue weighted by molar-refractivity contribution is 6.05. The number of ether oxygens (including phenoxy) is 1. The zero-order valence-corrected chi connectivity index (χ0v) is 19.5. The second-order valence-corrected chi connectivity index (χ2v) is 7.93. The molecule has 3 aromatic carbocycles. The van der Waals surface area contributed by atoms with Gasteiger partial charge in [0.05, 0.1) is 23.1 Å². The molecule has 10 nitrogen and oxygen atoms in total. The molecule has 0 bridgehead atoms. The number of benzene rings is 3. The van der Waals surface area contributed by atoms with E-state index in [-0.39, 0.29) is 17.1 Å². The fraction of sp³-hybridized carbons (Fsp3) is 0.0370. The van der Waals surface area contributed by atoms with Gasteiger partial charge in [-0.2, -0.15) is 5.26 Å². The SMILES string of the molecule is COc1ccc(-n2c(NC(=O)C=Cc3cccc([N+](=O)[O-])c3)c(C#N)c3nc4ccccc4nc32)cc1. The van der Waals surface area contributed by atoms with E-state index in [9.17, 15) is 20.2 Å². The lowest BCUT2D eigenvalue weighted by Gasteiger charge is -2.11. The van der Waals surface area contributed by atoms with Crippen molar-refractivity contribution in [1.82, 2.24) is 14.5 Å². The van der Waals surface area contributed by atoms with E-state index < -0.39 is 10.8 Å². The van der Waals surface area contributed by atoms with Gasteiger partial charge in [-0.15, -0.1) is 0 Å². The predicted octanol–water partition coefficient (Wildman–Crippen LogP) is 5.01. The molecule has 0 fully saturated rings. The van der Waals surface area contributed by atoms with Gasteiger partial charge in [-0.3, -0.25) is 19.5 Å². The molecule has 10 heteroatoms. The summed E-state index contributed by atoms with van der Waals surface area (Å²) < 4.78 is 6.92. The lowest BCUT2D eigenvalue weighted by Crippen LogP contribution is -2.13. The number of nitro groups is 1. The van der Waals surface area contributed by atoms with E-state index in [2.05, 4.69) is 16.4 Å². The number of aromatic nitrogens is 3. The van der Waals surface area contributed by atoms with Crippen LogP contribution in [-0.4, -0.2) is 32.5 Å². The van der Waals surface area contributed by atoms with Crippen molar-refractivity contribution in [3.63, 3.8) is 0 Å². The Kier molecular flexibility index (Phi) is 6.01. The van der Waals surface area contributed by atoms with Gasteiger partial charge in [0.15, 0.2) is 5.65 Å². The maximum Gasteiger partial charge on any atom is 0.270 e. The summed E-state index contributed by atoms with van der Waals surface area (Å²) in [6, 6.07) is 22.4. The number of carbonyl (C=O) groups is 1. The van der Waals surface area contributed by atoms with E-state index in [1.165, 1.54) is 30.4 Å². The minimum Gasteiger partial charge on any atom is -0.497 e. The third-order valence-corrected chi connectivity index (χ3v) is 5.65. The van der Waals surface area contributed by atoms with Crippen LogP contribution < -0.4 is 10.1 Å². The smallest absolute Gasteiger partial charge is 0.270 e. The van der Waals surface area contributed by atoms with Crippen LogP contribution in [0.3, 0.4) is 0 Å². The summed E-state index contributed by atoms with van der Waals surface area (Å²) in [7, 11) is 1.56. The lowest BCUT2D eigenvalue weighted by molar-refractivity contribution is -0.384. The average Bonchev–Trinajstić information content (AvgIpc) is 3.22. The molecule has 180 valence electrons. The Morgan fingerprint density at radius 1 is 1.08 bits per heavy atom. The molecule has 0 aliphatic heterocycles. The summed E-state index contributed by atoms with van der Waals surface area (Å²) in [4.78, 5) is 32.9. The van der Waals surface area contributed by atoms with Gasteiger partial charge in [0.1, 0.15) is 28.7 Å². The van der Waals surface area contributed by atoms with E-state index in [1.54, 1.807) is 48.1 Å². The molecule has 0 radical (unpaired) electrons. The van der Waals surface area contributed by atoms with Crippen LogP contribution in [-0.2, 0) is 4.79 Å². The van der Waals surface area contributed by atoms with Gasteiger partial charge in [-0.05, 0) is 48.0 Å². The van der Waals surface area contributed by atoms with Crippen LogP contribution >= 0.6 is 0 Å². The summed E-state index contributed by atoms with van der Waals surface area (Å²) in [5, 5.41) is 23.9. The molecule has 5 aromatic rings. The molecular weight excluding hydrogens is 472 g/mol. The van der Waals surface area contributed by atoms with Crippen LogP contribution in [0, 0.1) is 21.4 Å². The molecule has 37 heavy (non-hydrogen) atoms. The summed E-state index contributed by atoms with van der Waals surface area (Å²) in [6.07, 6.45) is 2.70. The molecule has 0 unspecified atom stereocenters. The van der Waals surface area contributed by atoms with Gasteiger partial charge in [-0.1, -0.05) is 24.3 Å². The Labute approximate surface area is 210 Å². The zero-order chi connectivity index (χ0) is 25.9. The second-order valence-electron chi connectivity index (χ2n) is 7.93. The van der Waals surface area contributed by atoms with Crippen molar-refractivity contribution in [2.45, 2.75) is 0 Å². The number of nitrogens with one attached hydrogen (secondary N) is 1. The number of carbonyl (C=O) groups excluding carboxylic acids is 1. The van der Waals surface area contributed by atoms with E-state index in [1.807, 2.05) is 18.2 Å². The Bertz CT molecular complexity index is 1750. The highest BCUT2D eigenvalue weighted by Gasteiger charge is 2.23. The molecule has 2 aromatic heterocycles. The first kappa shape index (κ1) is 23.2. The summed E-state index contributed by atoms with van der Waals surface area (Å²) in [6.45, 7) is 0. The molecule has 0 saturated carbocycles. The van der Waals surface area contributed by atoms with Gasteiger partial charge in [-0.25, -0.2) is 9.97 Å². The highest BCUT2D eigenvalue weighted by Crippen LogP contribution is 2.33. The number of nitrogens with zero attached hydrogens (tertiary/aromatic N) is 5. The van der Waals surface area contributed by atoms with Crippen molar-refractivity contribution in [2.75, 3.05) is 12.4 Å². The third-order valence-electron chi connectivity index (χ3n) is 5.65. The first-order chi connectivity index (χ1) is 18.0. The highest BCUT2D eigenvalue weighted by atomic mass is 16.6. The summed E-state index contributed by atoms with van der Waals surface area (Å²) in [5.74, 6) is 0.305. The zero-order valence-electron chi connectivity index (χ0n) is 19.5. The maximum atomic E-state index is 13.0. The number of hydrogen-bond donors (Lipinski definition) is 1. The first-order valence-electron chi connectivity index (χ1n) is 11.1. The van der Waals surface area contributed by atoms with Crippen molar-refractivity contribution in [3.8, 4) is 17.5 Å². The molecule has 1 amide bonds. The molecule has 5 rings (SSSR count). The van der Waals surface area contributed by atoms with Gasteiger partial charge in [0.25, 0.3) is 5.69 Å². The minimum atomic E-state index is -0.537. The predicted molar refractivity (Wildman–Crippen MR) is 138 cm³/mol. The van der Waals surface area contributed by atoms with Crippen molar-refractivity contribution in [2.24, 2.45) is 0 Å². The number of nitriles is 1. The molecule has 1 N–H and O–H groups in total. The van der Waals surface area contributed by atoms with Crippen molar-refractivity contribution < 1.29 is 14.5 Å². The number of non-ortho nitro benzene ring substituents is 1. The molecule has 0 saturated heterocycles. The minimum absolute atomic E-state index is 0.0850. The van der Waals surface area contributed by atoms with E-state index >= 15 is 0 Å². The van der Waals surface area contributed by atoms with Gasteiger partial charge in [0, 0.05) is 23.9 Å². The van der Waals surface area contributed by atoms with Crippen LogP contribution in [0.4, 0.5) is 11.5 Å². The topological polar surface area (TPSA) is 136 Å². The fourth-order valence-corrected chi connectivity index (χ4v) is 3.92. The normalized spacial score (nSPS) is 11.0. The number of amides is 1. The molecule has 2 heterocycles. The van der Waals surface area contributed by atoms with Crippen molar-refractivity contribution in [1.29, 1.82) is 5.26 Å². The second kappa shape index (κ2) is 9.59. The van der Waals surface area contributed by atoms with Crippen LogP contribution in [0.25, 0.3) is 34.0 Å². The van der Waals surface area contributed by atoms with E-state index in [4.69, 9.17) is 9.72 Å². The standard InChI is InChI=1S/C27H18N6O4/c1-37-20-12-10-18(11-13-20)32-26(31-24(34)14-9-17-5-4-6-19(15-17)33(35)36)21(16-28)25-27(32)30-23-8-3-2-7-22(23)29-25/h2-15H,1H3,(H,31,34). The van der Waals surface area contributed by atoms with Crippen molar-refractivity contribution >= 4 is 45.7 Å². The fourth-order valence-electron chi connectivity index (χ4n) is 3.92. The van der Waals surface area contributed by atoms with Gasteiger partial charge in [0.2, 0.25) is 5.91 Å². The Hall–Kier alpha value is -5.56. The number of fused-ring (bicyclic) bond motifs is 2. The van der Waals surface area contributed by atoms with Crippen LogP contribution in [0.5, 0.6) is 5.75 Å². The van der Waals surface area contributed by atoms with Gasteiger partial charge < -0.3 is 10.1 Å². The summed E-state index contributed by atoms with van der Waals surface area (Å²) in [5.41, 5.74) is 3.18. The summed E-state index contributed by atoms with van der Waals surface area (Å²) >= 11 is 0. The lowest BCUT2D eigenvalue weighted by atomic mass is 10.2. The molecule has 0 spiro atoms. The quantitative estimate of drug-likeness (QED) is 0.201. The number of nitro benzene ring substituents is 1. The maximum absolute atomic E-state index is 13.0. The first-order valence-corrected chi connectivity index (χ1v) is 11.1. The van der Waals surface area contributed by atoms with Crippen LogP contribution in [0.15, 0.2) is 78.9 Å². The average molecular weight is 490 g/mol. The third kappa shape index (κ3) is 4.44. The van der Waals surface area contributed by atoms with E-state index in [0.29, 0.717) is 39.2 Å². The Morgan fingerprint density at radius 2 is 1.81 bits per heavy atom. The molecular formula is C27H18N6O4. The largest absolute Gasteiger partial charge is 0.497 e. The number of hydrogen-bond acceptors (Lipinski definition) is 7. The van der Waals surface area contributed by atoms with Crippen LogP contribution in [0.1, 0.15) is 11.1 Å².